The molecule has 0 aliphatic carbocycles. The predicted molar refractivity (Wildman–Crippen MR) is 85.8 cm³/mol. The van der Waals surface area contributed by atoms with Gasteiger partial charge in [-0.2, -0.15) is 0 Å². The molecule has 1 nitrogen and oxygen atoms in total. The van der Waals surface area contributed by atoms with Crippen molar-refractivity contribution in [3.63, 3.8) is 0 Å². The van der Waals surface area contributed by atoms with E-state index in [1.54, 1.807) is 0 Å². The summed E-state index contributed by atoms with van der Waals surface area (Å²) in [6.45, 7) is 6.95. The van der Waals surface area contributed by atoms with Crippen LogP contribution in [0.3, 0.4) is 0 Å². The first-order valence-electron chi connectivity index (χ1n) is 6.64. The molecule has 0 radical (unpaired) electrons. The number of nitrogens with one attached hydrogen (secondary N) is 1. The normalized spacial score (nSPS) is 13.3. The molecule has 0 saturated heterocycles. The first-order chi connectivity index (χ1) is 9.02. The lowest BCUT2D eigenvalue weighted by Crippen LogP contribution is -2.34. The Morgan fingerprint density at radius 3 is 1.37 bits per heavy atom. The van der Waals surface area contributed by atoms with Gasteiger partial charge in [0.25, 0.3) is 0 Å². The molecule has 2 aromatic carbocycles. The average molecular weight is 273 g/mol. The van der Waals surface area contributed by atoms with Crippen molar-refractivity contribution in [3.8, 4) is 0 Å². The lowest BCUT2D eigenvalue weighted by atomic mass is 10.3. The summed E-state index contributed by atoms with van der Waals surface area (Å²) in [6, 6.07) is 21.6. The second kappa shape index (κ2) is 5.40. The third-order valence-electron chi connectivity index (χ3n) is 3.42. The van der Waals surface area contributed by atoms with Crippen LogP contribution in [0.4, 0.5) is 0 Å². The predicted octanol–water partition coefficient (Wildman–Crippen LogP) is 4.84. The van der Waals surface area contributed by atoms with Gasteiger partial charge in [-0.1, -0.05) is 57.2 Å². The maximum atomic E-state index is 3.67. The molecule has 0 aliphatic rings. The Kier molecular flexibility index (Phi) is 4.02. The van der Waals surface area contributed by atoms with Gasteiger partial charge in [0.2, 0.25) is 0 Å². The van der Waals surface area contributed by atoms with Crippen LogP contribution in [0.1, 0.15) is 20.8 Å². The quantitative estimate of drug-likeness (QED) is 0.843. The van der Waals surface area contributed by atoms with Crippen molar-refractivity contribution in [2.24, 2.45) is 0 Å². The molecular formula is C17H23NS. The monoisotopic (exact) mass is 273 g/mol. The summed E-state index contributed by atoms with van der Waals surface area (Å²) in [4.78, 5) is 2.77. The minimum atomic E-state index is -1.26. The Labute approximate surface area is 118 Å². The molecule has 0 fully saturated rings. The SMILES string of the molecule is CNS(c1ccccc1)(c1ccccc1)C(C)(C)C. The Balaban J connectivity index is 2.70. The Morgan fingerprint density at radius 2 is 1.11 bits per heavy atom. The minimum absolute atomic E-state index is 0.143. The maximum Gasteiger partial charge on any atom is 0.0115 e. The standard InChI is InChI=1S/C17H23NS/c1-17(2,3)19(18-4,15-11-7-5-8-12-15)16-13-9-6-10-14-16/h5-14,18H,1-4H3. The fourth-order valence-electron chi connectivity index (χ4n) is 2.63. The average Bonchev–Trinajstić information content (AvgIpc) is 2.41. The van der Waals surface area contributed by atoms with E-state index in [2.05, 4.69) is 93.2 Å². The molecule has 0 amide bonds. The highest BCUT2D eigenvalue weighted by Gasteiger charge is 2.38. The van der Waals surface area contributed by atoms with Gasteiger partial charge in [-0.3, -0.25) is 4.72 Å². The van der Waals surface area contributed by atoms with Crippen molar-refractivity contribution in [2.45, 2.75) is 35.3 Å². The van der Waals surface area contributed by atoms with Gasteiger partial charge in [-0.05, 0) is 31.3 Å². The summed E-state index contributed by atoms with van der Waals surface area (Å²) in [5.41, 5.74) is 0. The number of benzene rings is 2. The lowest BCUT2D eigenvalue weighted by Gasteiger charge is -2.51. The van der Waals surface area contributed by atoms with Crippen molar-refractivity contribution in [1.29, 1.82) is 0 Å². The van der Waals surface area contributed by atoms with Crippen LogP contribution in [0.15, 0.2) is 70.5 Å². The van der Waals surface area contributed by atoms with Crippen LogP contribution in [0.2, 0.25) is 0 Å². The van der Waals surface area contributed by atoms with Crippen LogP contribution in [-0.2, 0) is 0 Å². The number of hydrogen-bond donors (Lipinski definition) is 1. The Bertz CT molecular complexity index is 474. The van der Waals surface area contributed by atoms with Crippen LogP contribution in [0, 0.1) is 0 Å². The Morgan fingerprint density at radius 1 is 0.737 bits per heavy atom. The smallest absolute Gasteiger partial charge is 0.0115 e. The van der Waals surface area contributed by atoms with Crippen LogP contribution in [0.5, 0.6) is 0 Å². The summed E-state index contributed by atoms with van der Waals surface area (Å²) in [5, 5.41) is 0. The van der Waals surface area contributed by atoms with Crippen molar-refractivity contribution in [1.82, 2.24) is 4.72 Å². The molecule has 0 unspecified atom stereocenters. The van der Waals surface area contributed by atoms with E-state index >= 15 is 0 Å². The fourth-order valence-corrected chi connectivity index (χ4v) is 6.54. The third kappa shape index (κ3) is 2.43. The van der Waals surface area contributed by atoms with Crippen molar-refractivity contribution >= 4 is 10.2 Å². The van der Waals surface area contributed by atoms with E-state index in [0.29, 0.717) is 0 Å². The van der Waals surface area contributed by atoms with E-state index in [1.807, 2.05) is 0 Å². The highest BCUT2D eigenvalue weighted by Crippen LogP contribution is 2.67. The lowest BCUT2D eigenvalue weighted by molar-refractivity contribution is 0.767. The summed E-state index contributed by atoms with van der Waals surface area (Å²) < 4.78 is 3.81. The maximum absolute atomic E-state index is 3.67. The zero-order chi connectivity index (χ0) is 13.9. The van der Waals surface area contributed by atoms with Gasteiger partial charge in [0, 0.05) is 14.5 Å². The zero-order valence-electron chi connectivity index (χ0n) is 12.2. The van der Waals surface area contributed by atoms with E-state index in [9.17, 15) is 0 Å². The largest absolute Gasteiger partial charge is 0.276 e. The van der Waals surface area contributed by atoms with Gasteiger partial charge in [0.1, 0.15) is 0 Å². The first kappa shape index (κ1) is 14.2. The molecule has 0 atom stereocenters. The van der Waals surface area contributed by atoms with Crippen molar-refractivity contribution in [2.75, 3.05) is 7.05 Å². The zero-order valence-corrected chi connectivity index (χ0v) is 13.0. The third-order valence-corrected chi connectivity index (χ3v) is 7.83. The van der Waals surface area contributed by atoms with Crippen LogP contribution >= 0.6 is 10.2 Å². The summed E-state index contributed by atoms with van der Waals surface area (Å²) in [5.74, 6) is 0. The fraction of sp³-hybridized carbons (Fsp3) is 0.294. The Hall–Kier alpha value is -1.25. The number of rotatable bonds is 3. The molecule has 19 heavy (non-hydrogen) atoms. The van der Waals surface area contributed by atoms with Crippen molar-refractivity contribution in [3.05, 3.63) is 60.7 Å². The van der Waals surface area contributed by atoms with Gasteiger partial charge in [-0.15, -0.1) is 10.2 Å². The van der Waals surface area contributed by atoms with E-state index < -0.39 is 10.2 Å². The van der Waals surface area contributed by atoms with E-state index in [0.717, 1.165) is 0 Å². The number of hydrogen-bond acceptors (Lipinski definition) is 1. The molecule has 2 rings (SSSR count). The topological polar surface area (TPSA) is 12.0 Å². The van der Waals surface area contributed by atoms with Crippen LogP contribution in [0.25, 0.3) is 0 Å². The highest BCUT2D eigenvalue weighted by molar-refractivity contribution is 8.33. The minimum Gasteiger partial charge on any atom is -0.276 e. The first-order valence-corrected chi connectivity index (χ1v) is 8.27. The van der Waals surface area contributed by atoms with Gasteiger partial charge in [-0.25, -0.2) is 0 Å². The molecule has 2 heteroatoms. The van der Waals surface area contributed by atoms with Gasteiger partial charge in [0.05, 0.1) is 0 Å². The van der Waals surface area contributed by atoms with Crippen LogP contribution in [-0.4, -0.2) is 11.8 Å². The second-order valence-corrected chi connectivity index (χ2v) is 9.36. The van der Waals surface area contributed by atoms with Gasteiger partial charge < -0.3 is 0 Å². The molecular weight excluding hydrogens is 250 g/mol. The van der Waals surface area contributed by atoms with Crippen LogP contribution < -0.4 is 4.72 Å². The molecule has 2 aromatic rings. The van der Waals surface area contributed by atoms with E-state index in [1.165, 1.54) is 9.79 Å². The molecule has 0 saturated carbocycles. The molecule has 0 aliphatic heterocycles. The highest BCUT2D eigenvalue weighted by atomic mass is 32.3. The summed E-state index contributed by atoms with van der Waals surface area (Å²) in [6.07, 6.45) is 0. The summed E-state index contributed by atoms with van der Waals surface area (Å²) >= 11 is 0. The second-order valence-electron chi connectivity index (χ2n) is 5.55. The summed E-state index contributed by atoms with van der Waals surface area (Å²) in [7, 11) is 0.826. The molecule has 0 bridgehead atoms. The van der Waals surface area contributed by atoms with Gasteiger partial charge >= 0.3 is 0 Å². The van der Waals surface area contributed by atoms with Crippen molar-refractivity contribution < 1.29 is 0 Å². The molecule has 1 N–H and O–H groups in total. The molecule has 0 aromatic heterocycles. The molecule has 102 valence electrons. The molecule has 0 spiro atoms. The van der Waals surface area contributed by atoms with E-state index in [4.69, 9.17) is 0 Å². The van der Waals surface area contributed by atoms with E-state index in [-0.39, 0.29) is 4.75 Å². The van der Waals surface area contributed by atoms with Gasteiger partial charge in [0.15, 0.2) is 0 Å². The molecule has 0 heterocycles.